The Morgan fingerprint density at radius 1 is 0.486 bits per heavy atom. The molecular weight excluding hydrogens is 540 g/mol. The number of para-hydroxylation sites is 4. The fourth-order valence-electron chi connectivity index (χ4n) is 3.53. The van der Waals surface area contributed by atoms with Gasteiger partial charge in [0.15, 0.2) is 23.0 Å². The summed E-state index contributed by atoms with van der Waals surface area (Å²) in [5, 5.41) is 18.0. The molecule has 0 aliphatic rings. The van der Waals surface area contributed by atoms with Gasteiger partial charge in [-0.1, -0.05) is 79.7 Å². The molecule has 0 aromatic heterocycles. The Kier molecular flexibility index (Phi) is 15.6. The number of phenols is 2. The molecule has 37 heavy (non-hydrogen) atoms. The van der Waals surface area contributed by atoms with Crippen LogP contribution in [0.3, 0.4) is 0 Å². The SMILES string of the molecule is COc1ccccc1O.COc1ccccc1O.Cc1[cH-]c(C)c(C)c1C.Cc1[cH-]c(C)c(C)c1C.[Zr+2]. The number of ether oxygens (including phenoxy) is 2. The van der Waals surface area contributed by atoms with Gasteiger partial charge in [0.25, 0.3) is 0 Å². The van der Waals surface area contributed by atoms with Crippen LogP contribution in [0.25, 0.3) is 0 Å². The van der Waals surface area contributed by atoms with E-state index < -0.39 is 0 Å². The van der Waals surface area contributed by atoms with Crippen molar-refractivity contribution in [2.24, 2.45) is 0 Å². The van der Waals surface area contributed by atoms with Crippen molar-refractivity contribution in [2.45, 2.75) is 55.4 Å². The maximum absolute atomic E-state index is 8.99. The molecule has 0 aliphatic carbocycles. The molecule has 0 aliphatic heterocycles. The van der Waals surface area contributed by atoms with Crippen molar-refractivity contribution in [3.63, 3.8) is 0 Å². The number of benzene rings is 2. The van der Waals surface area contributed by atoms with Gasteiger partial charge in [0, 0.05) is 0 Å². The fourth-order valence-corrected chi connectivity index (χ4v) is 3.53. The summed E-state index contributed by atoms with van der Waals surface area (Å²) in [4.78, 5) is 0. The largest absolute Gasteiger partial charge is 2.00 e. The van der Waals surface area contributed by atoms with E-state index in [4.69, 9.17) is 19.7 Å². The topological polar surface area (TPSA) is 58.9 Å². The Labute approximate surface area is 242 Å². The predicted octanol–water partition coefficient (Wildman–Crippen LogP) is 8.08. The van der Waals surface area contributed by atoms with Crippen LogP contribution in [0.2, 0.25) is 0 Å². The minimum Gasteiger partial charge on any atom is -0.504 e. The van der Waals surface area contributed by atoms with E-state index in [1.54, 1.807) is 48.5 Å². The van der Waals surface area contributed by atoms with Gasteiger partial charge in [0.2, 0.25) is 0 Å². The second-order valence-electron chi connectivity index (χ2n) is 8.86. The Hall–Kier alpha value is -2.78. The number of rotatable bonds is 2. The fraction of sp³-hybridized carbons (Fsp3) is 0.312. The monoisotopic (exact) mass is 580 g/mol. The summed E-state index contributed by atoms with van der Waals surface area (Å²) >= 11 is 0. The summed E-state index contributed by atoms with van der Waals surface area (Å²) in [6.45, 7) is 17.4. The van der Waals surface area contributed by atoms with Crippen LogP contribution in [0.5, 0.6) is 23.0 Å². The summed E-state index contributed by atoms with van der Waals surface area (Å²) < 4.78 is 9.59. The minimum absolute atomic E-state index is 0. The molecular formula is C32H42O4Zr. The van der Waals surface area contributed by atoms with Crippen LogP contribution in [0, 0.1) is 55.4 Å². The predicted molar refractivity (Wildman–Crippen MR) is 151 cm³/mol. The number of hydrogen-bond donors (Lipinski definition) is 2. The third kappa shape index (κ3) is 10.6. The van der Waals surface area contributed by atoms with Gasteiger partial charge in [-0.25, -0.2) is 0 Å². The van der Waals surface area contributed by atoms with Gasteiger partial charge >= 0.3 is 26.2 Å². The molecule has 4 nitrogen and oxygen atoms in total. The van der Waals surface area contributed by atoms with Crippen LogP contribution >= 0.6 is 0 Å². The van der Waals surface area contributed by atoms with Crippen LogP contribution in [0.4, 0.5) is 0 Å². The van der Waals surface area contributed by atoms with Crippen molar-refractivity contribution in [3.8, 4) is 23.0 Å². The van der Waals surface area contributed by atoms with Crippen LogP contribution in [-0.2, 0) is 26.2 Å². The molecule has 5 heteroatoms. The standard InChI is InChI=1S/2C9H13.2C7H8O2.Zr/c2*1-6-5-7(2)9(4)8(6)3;2*1-9-7-5-3-2-4-6(7)8;/h2*5H,1-4H3;2*2-5,8H,1H3;/q2*-1;;;+2. The first-order chi connectivity index (χ1) is 16.9. The average molecular weight is 582 g/mol. The molecule has 0 radical (unpaired) electrons. The van der Waals surface area contributed by atoms with Crippen molar-refractivity contribution in [2.75, 3.05) is 14.2 Å². The van der Waals surface area contributed by atoms with E-state index >= 15 is 0 Å². The molecule has 0 spiro atoms. The summed E-state index contributed by atoms with van der Waals surface area (Å²) in [6.07, 6.45) is 0. The molecule has 4 aromatic rings. The van der Waals surface area contributed by atoms with Crippen molar-refractivity contribution in [3.05, 3.63) is 105 Å². The zero-order valence-corrected chi connectivity index (χ0v) is 26.4. The smallest absolute Gasteiger partial charge is 0.504 e. The van der Waals surface area contributed by atoms with E-state index in [2.05, 4.69) is 67.5 Å². The minimum atomic E-state index is 0. The molecule has 0 atom stereocenters. The zero-order chi connectivity index (χ0) is 27.4. The summed E-state index contributed by atoms with van der Waals surface area (Å²) in [5.74, 6) is 1.38. The molecule has 198 valence electrons. The molecule has 0 unspecified atom stereocenters. The molecule has 0 heterocycles. The van der Waals surface area contributed by atoms with E-state index in [1.807, 2.05) is 0 Å². The summed E-state index contributed by atoms with van der Waals surface area (Å²) in [5.41, 5.74) is 11.5. The maximum Gasteiger partial charge on any atom is 2.00 e. The Morgan fingerprint density at radius 3 is 0.865 bits per heavy atom. The first kappa shape index (κ1) is 34.2. The quantitative estimate of drug-likeness (QED) is 0.235. The number of phenolic OH excluding ortho intramolecular Hbond substituents is 2. The third-order valence-corrected chi connectivity index (χ3v) is 6.53. The van der Waals surface area contributed by atoms with Gasteiger partial charge in [-0.2, -0.15) is 56.6 Å². The van der Waals surface area contributed by atoms with E-state index in [-0.39, 0.29) is 37.7 Å². The Morgan fingerprint density at radius 2 is 0.730 bits per heavy atom. The summed E-state index contributed by atoms with van der Waals surface area (Å²) in [6, 6.07) is 18.2. The molecule has 4 aromatic carbocycles. The first-order valence-electron chi connectivity index (χ1n) is 12.0. The van der Waals surface area contributed by atoms with Gasteiger partial charge in [-0.3, -0.25) is 0 Å². The van der Waals surface area contributed by atoms with Crippen LogP contribution in [0.15, 0.2) is 60.7 Å². The van der Waals surface area contributed by atoms with Crippen molar-refractivity contribution in [1.29, 1.82) is 0 Å². The van der Waals surface area contributed by atoms with E-state index in [0.717, 1.165) is 0 Å². The molecule has 0 fully saturated rings. The van der Waals surface area contributed by atoms with Crippen molar-refractivity contribution >= 4 is 0 Å². The summed E-state index contributed by atoms with van der Waals surface area (Å²) in [7, 11) is 3.05. The Balaban J connectivity index is 0.000000463. The van der Waals surface area contributed by atoms with Crippen molar-refractivity contribution in [1.82, 2.24) is 0 Å². The molecule has 2 N–H and O–H groups in total. The second-order valence-corrected chi connectivity index (χ2v) is 8.86. The van der Waals surface area contributed by atoms with Gasteiger partial charge in [-0.15, -0.1) is 0 Å². The second kappa shape index (κ2) is 16.9. The number of methoxy groups -OCH3 is 2. The number of aromatic hydroxyl groups is 2. The molecule has 0 saturated carbocycles. The van der Waals surface area contributed by atoms with Crippen LogP contribution < -0.4 is 9.47 Å². The Bertz CT molecular complexity index is 1080. The van der Waals surface area contributed by atoms with Crippen LogP contribution in [-0.4, -0.2) is 24.4 Å². The van der Waals surface area contributed by atoms with Gasteiger partial charge in [-0.05, 0) is 24.3 Å². The van der Waals surface area contributed by atoms with E-state index in [9.17, 15) is 0 Å². The van der Waals surface area contributed by atoms with Crippen molar-refractivity contribution < 1.29 is 45.9 Å². The zero-order valence-electron chi connectivity index (χ0n) is 24.0. The number of aryl methyl sites for hydroxylation is 4. The average Bonchev–Trinajstić information content (AvgIpc) is 3.22. The van der Waals surface area contributed by atoms with Gasteiger partial charge in [0.05, 0.1) is 14.2 Å². The molecule has 0 saturated heterocycles. The van der Waals surface area contributed by atoms with Gasteiger partial charge in [0.1, 0.15) is 0 Å². The van der Waals surface area contributed by atoms with Gasteiger partial charge < -0.3 is 19.7 Å². The normalized spacial score (nSPS) is 9.35. The number of hydrogen-bond acceptors (Lipinski definition) is 4. The van der Waals surface area contributed by atoms with E-state index in [0.29, 0.717) is 11.5 Å². The third-order valence-electron chi connectivity index (χ3n) is 6.53. The molecule has 4 rings (SSSR count). The molecule has 0 amide bonds. The molecule has 0 bridgehead atoms. The first-order valence-corrected chi connectivity index (χ1v) is 12.0. The maximum atomic E-state index is 8.99. The van der Waals surface area contributed by atoms with E-state index in [1.165, 1.54) is 58.7 Å². The van der Waals surface area contributed by atoms with Crippen LogP contribution in [0.1, 0.15) is 44.5 Å².